The molecule has 24 heavy (non-hydrogen) atoms. The van der Waals surface area contributed by atoms with Crippen LogP contribution in [0.15, 0.2) is 34.9 Å². The van der Waals surface area contributed by atoms with E-state index < -0.39 is 5.91 Å². The van der Waals surface area contributed by atoms with Crippen molar-refractivity contribution in [3.63, 3.8) is 0 Å². The van der Waals surface area contributed by atoms with Gasteiger partial charge in [-0.15, -0.1) is 0 Å². The second-order valence-corrected chi connectivity index (χ2v) is 5.79. The molecule has 0 aromatic carbocycles. The normalized spacial score (nSPS) is 16.7. The molecule has 7 nitrogen and oxygen atoms in total. The number of aromatic nitrogens is 1. The van der Waals surface area contributed by atoms with Gasteiger partial charge in [0.05, 0.1) is 19.3 Å². The average Bonchev–Trinajstić information content (AvgIpc) is 3.02. The van der Waals surface area contributed by atoms with Crippen LogP contribution in [0.2, 0.25) is 0 Å². The third-order valence-corrected chi connectivity index (χ3v) is 4.09. The zero-order valence-electron chi connectivity index (χ0n) is 13.7. The van der Waals surface area contributed by atoms with E-state index in [1.54, 1.807) is 12.3 Å². The Morgan fingerprint density at radius 1 is 1.38 bits per heavy atom. The van der Waals surface area contributed by atoms with Gasteiger partial charge >= 0.3 is 0 Å². The average molecular weight is 330 g/mol. The van der Waals surface area contributed by atoms with Gasteiger partial charge in [-0.3, -0.25) is 14.7 Å². The fourth-order valence-corrected chi connectivity index (χ4v) is 2.82. The molecule has 0 bridgehead atoms. The monoisotopic (exact) mass is 330 g/mol. The first-order valence-corrected chi connectivity index (χ1v) is 8.01. The number of nitrogens with two attached hydrogens (primary N) is 1. The third kappa shape index (κ3) is 3.93. The Bertz CT molecular complexity index is 695. The molecule has 1 amide bonds. The fourth-order valence-electron chi connectivity index (χ4n) is 2.82. The highest BCUT2D eigenvalue weighted by Crippen LogP contribution is 2.24. The summed E-state index contributed by atoms with van der Waals surface area (Å²) >= 11 is 0. The van der Waals surface area contributed by atoms with Gasteiger partial charge in [0.1, 0.15) is 17.2 Å². The first-order chi connectivity index (χ1) is 11.6. The Labute approximate surface area is 140 Å². The van der Waals surface area contributed by atoms with Crippen molar-refractivity contribution in [1.82, 2.24) is 9.88 Å². The molecule has 1 unspecified atom stereocenters. The number of hydrogen-bond donors (Lipinski definition) is 2. The van der Waals surface area contributed by atoms with Crippen molar-refractivity contribution in [2.75, 3.05) is 38.2 Å². The van der Waals surface area contributed by atoms with Crippen LogP contribution in [-0.4, -0.2) is 48.6 Å². The fraction of sp³-hybridized carbons (Fsp3) is 0.412. The van der Waals surface area contributed by atoms with E-state index in [0.717, 1.165) is 43.5 Å². The summed E-state index contributed by atoms with van der Waals surface area (Å²) in [6, 6.07) is 7.55. The number of hydrogen-bond acceptors (Lipinski definition) is 6. The molecule has 3 N–H and O–H groups in total. The zero-order chi connectivity index (χ0) is 16.9. The molecule has 1 fully saturated rings. The largest absolute Gasteiger partial charge is 0.465 e. The van der Waals surface area contributed by atoms with E-state index in [4.69, 9.17) is 14.9 Å². The minimum absolute atomic E-state index is 0.0905. The molecule has 0 spiro atoms. The predicted octanol–water partition coefficient (Wildman–Crippen LogP) is 1.57. The molecule has 1 saturated heterocycles. The Kier molecular flexibility index (Phi) is 5.12. The minimum Gasteiger partial charge on any atom is -0.465 e. The second kappa shape index (κ2) is 7.46. The van der Waals surface area contributed by atoms with Gasteiger partial charge < -0.3 is 20.2 Å². The molecule has 3 heterocycles. The molecular formula is C17H22N4O3. The zero-order valence-corrected chi connectivity index (χ0v) is 13.7. The number of ether oxygens (including phenoxy) is 1. The molecule has 1 aliphatic rings. The number of furan rings is 1. The lowest BCUT2D eigenvalue weighted by Gasteiger charge is -2.33. The molecule has 2 aromatic heterocycles. The van der Waals surface area contributed by atoms with Crippen molar-refractivity contribution in [3.05, 3.63) is 47.7 Å². The van der Waals surface area contributed by atoms with Crippen LogP contribution >= 0.6 is 0 Å². The number of rotatable bonds is 6. The maximum atomic E-state index is 11.3. The van der Waals surface area contributed by atoms with Crippen LogP contribution in [-0.2, 0) is 4.74 Å². The molecule has 0 saturated carbocycles. The Morgan fingerprint density at radius 3 is 2.83 bits per heavy atom. The Balaban J connectivity index is 1.74. The number of nitrogens with one attached hydrogen (secondary N) is 1. The van der Waals surface area contributed by atoms with Crippen molar-refractivity contribution in [1.29, 1.82) is 0 Å². The molecule has 1 aliphatic heterocycles. The summed E-state index contributed by atoms with van der Waals surface area (Å²) in [6.07, 6.45) is 1.57. The van der Waals surface area contributed by atoms with Crippen molar-refractivity contribution in [3.8, 4) is 0 Å². The van der Waals surface area contributed by atoms with Crippen LogP contribution in [0, 0.1) is 6.92 Å². The summed E-state index contributed by atoms with van der Waals surface area (Å²) in [5, 5.41) is 3.35. The van der Waals surface area contributed by atoms with Crippen molar-refractivity contribution >= 4 is 11.6 Å². The summed E-state index contributed by atoms with van der Waals surface area (Å²) in [7, 11) is 0. The molecule has 128 valence electrons. The van der Waals surface area contributed by atoms with Crippen LogP contribution in [0.25, 0.3) is 0 Å². The summed E-state index contributed by atoms with van der Waals surface area (Å²) in [5.41, 5.74) is 6.34. The molecular weight excluding hydrogens is 308 g/mol. The summed E-state index contributed by atoms with van der Waals surface area (Å²) in [6.45, 7) is 5.74. The van der Waals surface area contributed by atoms with Crippen molar-refractivity contribution in [2.45, 2.75) is 13.0 Å². The van der Waals surface area contributed by atoms with Gasteiger partial charge in [-0.05, 0) is 31.2 Å². The number of amides is 1. The van der Waals surface area contributed by atoms with Crippen LogP contribution in [0.5, 0.6) is 0 Å². The van der Waals surface area contributed by atoms with E-state index in [2.05, 4.69) is 15.2 Å². The molecule has 2 aromatic rings. The number of primary amides is 1. The lowest BCUT2D eigenvalue weighted by atomic mass is 10.1. The van der Waals surface area contributed by atoms with Gasteiger partial charge in [0, 0.05) is 31.5 Å². The lowest BCUT2D eigenvalue weighted by Crippen LogP contribution is -2.41. The van der Waals surface area contributed by atoms with Crippen LogP contribution in [0.3, 0.4) is 0 Å². The standard InChI is InChI=1S/C17H22N4O3/c1-12-2-3-16(24-12)15(21-6-8-23-9-7-21)11-20-13-4-5-19-14(10-13)17(18)22/h2-5,10,15H,6-9,11H2,1H3,(H2,18,22)(H,19,20). The highest BCUT2D eigenvalue weighted by Gasteiger charge is 2.25. The summed E-state index contributed by atoms with van der Waals surface area (Å²) in [5.74, 6) is 1.28. The first kappa shape index (κ1) is 16.5. The van der Waals surface area contributed by atoms with E-state index in [1.165, 1.54) is 0 Å². The number of nitrogens with zero attached hydrogens (tertiary/aromatic N) is 2. The van der Waals surface area contributed by atoms with E-state index in [-0.39, 0.29) is 11.7 Å². The van der Waals surface area contributed by atoms with Gasteiger partial charge in [0.15, 0.2) is 0 Å². The number of carbonyl (C=O) groups is 1. The number of carbonyl (C=O) groups excluding carboxylic acids is 1. The lowest BCUT2D eigenvalue weighted by molar-refractivity contribution is 0.0143. The summed E-state index contributed by atoms with van der Waals surface area (Å²) in [4.78, 5) is 17.6. The molecule has 7 heteroatoms. The van der Waals surface area contributed by atoms with E-state index in [9.17, 15) is 4.79 Å². The highest BCUT2D eigenvalue weighted by molar-refractivity contribution is 5.91. The topological polar surface area (TPSA) is 93.6 Å². The van der Waals surface area contributed by atoms with E-state index in [0.29, 0.717) is 6.54 Å². The SMILES string of the molecule is Cc1ccc(C(CNc2ccnc(C(N)=O)c2)N2CCOCC2)o1. The maximum Gasteiger partial charge on any atom is 0.267 e. The van der Waals surface area contributed by atoms with Crippen LogP contribution in [0.1, 0.15) is 28.1 Å². The molecule has 0 aliphatic carbocycles. The van der Waals surface area contributed by atoms with E-state index in [1.807, 2.05) is 25.1 Å². The highest BCUT2D eigenvalue weighted by atomic mass is 16.5. The van der Waals surface area contributed by atoms with Gasteiger partial charge in [0.2, 0.25) is 0 Å². The Morgan fingerprint density at radius 2 is 2.17 bits per heavy atom. The van der Waals surface area contributed by atoms with E-state index >= 15 is 0 Å². The van der Waals surface area contributed by atoms with Crippen LogP contribution < -0.4 is 11.1 Å². The number of pyridine rings is 1. The quantitative estimate of drug-likeness (QED) is 0.835. The second-order valence-electron chi connectivity index (χ2n) is 5.79. The van der Waals surface area contributed by atoms with Gasteiger partial charge in [-0.2, -0.15) is 0 Å². The minimum atomic E-state index is -0.537. The molecule has 1 atom stereocenters. The summed E-state index contributed by atoms with van der Waals surface area (Å²) < 4.78 is 11.3. The van der Waals surface area contributed by atoms with Crippen LogP contribution in [0.4, 0.5) is 5.69 Å². The molecule has 3 rings (SSSR count). The number of aryl methyl sites for hydroxylation is 1. The number of anilines is 1. The smallest absolute Gasteiger partial charge is 0.267 e. The van der Waals surface area contributed by atoms with Gasteiger partial charge in [-0.25, -0.2) is 0 Å². The first-order valence-electron chi connectivity index (χ1n) is 8.01. The Hall–Kier alpha value is -2.38. The number of morpholine rings is 1. The van der Waals surface area contributed by atoms with Gasteiger partial charge in [0.25, 0.3) is 5.91 Å². The maximum absolute atomic E-state index is 11.3. The third-order valence-electron chi connectivity index (χ3n) is 4.09. The van der Waals surface area contributed by atoms with Gasteiger partial charge in [-0.1, -0.05) is 0 Å². The van der Waals surface area contributed by atoms with Crippen molar-refractivity contribution in [2.24, 2.45) is 5.73 Å². The van der Waals surface area contributed by atoms with Crippen molar-refractivity contribution < 1.29 is 13.9 Å². The molecule has 0 radical (unpaired) electrons. The predicted molar refractivity (Wildman–Crippen MR) is 89.8 cm³/mol.